The van der Waals surface area contributed by atoms with Crippen LogP contribution in [-0.4, -0.2) is 40.1 Å². The maximum absolute atomic E-state index is 13.4. The quantitative estimate of drug-likeness (QED) is 0.367. The number of allylic oxidation sites excluding steroid dienone is 2. The van der Waals surface area contributed by atoms with E-state index in [4.69, 9.17) is 23.2 Å². The van der Waals surface area contributed by atoms with Gasteiger partial charge in [-0.3, -0.25) is 19.2 Å². The molecule has 2 atom stereocenters. The number of carbonyl (C=O) groups is 4. The number of Topliss-reactive ketones (excluding diaryl/α,β-unsaturated/α-hetero) is 1. The van der Waals surface area contributed by atoms with Gasteiger partial charge >= 0.3 is 0 Å². The lowest BCUT2D eigenvalue weighted by Crippen LogP contribution is -2.52. The Bertz CT molecular complexity index is 1120. The molecule has 0 aromatic heterocycles. The van der Waals surface area contributed by atoms with Crippen LogP contribution in [0.2, 0.25) is 10.0 Å². The molecule has 2 aromatic rings. The molecule has 1 fully saturated rings. The summed E-state index contributed by atoms with van der Waals surface area (Å²) in [5.41, 5.74) is 0.191. The van der Waals surface area contributed by atoms with Crippen molar-refractivity contribution in [2.45, 2.75) is 12.8 Å². The summed E-state index contributed by atoms with van der Waals surface area (Å²) in [5.74, 6) is -4.09. The summed E-state index contributed by atoms with van der Waals surface area (Å²) in [6.07, 6.45) is 4.41. The number of fused-ring (bicyclic) bond motifs is 1. The molecule has 32 heavy (non-hydrogen) atoms. The first-order valence-electron chi connectivity index (χ1n) is 9.86. The van der Waals surface area contributed by atoms with Crippen molar-refractivity contribution in [3.63, 3.8) is 0 Å². The van der Waals surface area contributed by atoms with Gasteiger partial charge in [0.2, 0.25) is 0 Å². The summed E-state index contributed by atoms with van der Waals surface area (Å²) < 4.78 is 13.2. The normalized spacial score (nSPS) is 19.8. The van der Waals surface area contributed by atoms with Gasteiger partial charge in [-0.2, -0.15) is 5.01 Å². The summed E-state index contributed by atoms with van der Waals surface area (Å²) in [4.78, 5) is 52.4. The lowest BCUT2D eigenvalue weighted by Gasteiger charge is -2.30. The SMILES string of the molecule is O=C(CN(C(=O)c1ccc(Cl)c(Cl)c1)N1C(=O)[C@H]2CC=CC[C@@H]2C1=O)c1ccc(F)cc1. The van der Waals surface area contributed by atoms with E-state index in [-0.39, 0.29) is 21.2 Å². The van der Waals surface area contributed by atoms with Crippen molar-refractivity contribution >= 4 is 46.7 Å². The molecule has 0 radical (unpaired) electrons. The minimum atomic E-state index is -0.757. The van der Waals surface area contributed by atoms with Crippen LogP contribution in [0.25, 0.3) is 0 Å². The second-order valence-corrected chi connectivity index (χ2v) is 8.38. The third kappa shape index (κ3) is 4.06. The first-order valence-corrected chi connectivity index (χ1v) is 10.6. The number of hydrazine groups is 1. The number of imide groups is 1. The van der Waals surface area contributed by atoms with Crippen molar-refractivity contribution < 1.29 is 23.6 Å². The molecule has 0 unspecified atom stereocenters. The number of benzene rings is 2. The highest BCUT2D eigenvalue weighted by molar-refractivity contribution is 6.42. The Balaban J connectivity index is 1.70. The maximum Gasteiger partial charge on any atom is 0.273 e. The third-order valence-corrected chi connectivity index (χ3v) is 6.33. The van der Waals surface area contributed by atoms with E-state index >= 15 is 0 Å². The lowest BCUT2D eigenvalue weighted by atomic mass is 9.85. The number of nitrogens with zero attached hydrogens (tertiary/aromatic N) is 2. The third-order valence-electron chi connectivity index (χ3n) is 5.59. The second kappa shape index (κ2) is 8.84. The topological polar surface area (TPSA) is 74.8 Å². The van der Waals surface area contributed by atoms with Crippen molar-refractivity contribution in [3.05, 3.63) is 81.6 Å². The molecule has 3 amide bonds. The Labute approximate surface area is 193 Å². The fourth-order valence-corrected chi connectivity index (χ4v) is 4.19. The molecule has 1 heterocycles. The molecule has 6 nitrogen and oxygen atoms in total. The van der Waals surface area contributed by atoms with Gasteiger partial charge < -0.3 is 0 Å². The summed E-state index contributed by atoms with van der Waals surface area (Å²) in [5, 5.41) is 1.95. The summed E-state index contributed by atoms with van der Waals surface area (Å²) in [7, 11) is 0. The molecule has 1 aliphatic heterocycles. The summed E-state index contributed by atoms with van der Waals surface area (Å²) in [6, 6.07) is 8.89. The molecular formula is C23H17Cl2FN2O4. The molecule has 4 rings (SSSR count). The molecule has 164 valence electrons. The van der Waals surface area contributed by atoms with Crippen LogP contribution in [0.15, 0.2) is 54.6 Å². The van der Waals surface area contributed by atoms with Gasteiger partial charge in [-0.15, -0.1) is 0 Å². The highest BCUT2D eigenvalue weighted by Gasteiger charge is 2.51. The number of ketones is 1. The molecule has 0 bridgehead atoms. The molecule has 1 saturated heterocycles. The van der Waals surface area contributed by atoms with Crippen molar-refractivity contribution in [1.29, 1.82) is 0 Å². The standard InChI is InChI=1S/C23H17Cl2FN2O4/c24-18-10-7-14(11-19(18)25)21(30)27(12-20(29)13-5-8-15(26)9-6-13)28-22(31)16-3-1-2-4-17(16)23(28)32/h1-2,5-11,16-17H,3-4,12H2/t16-,17-/m0/s1. The van der Waals surface area contributed by atoms with Crippen LogP contribution in [0.5, 0.6) is 0 Å². The molecule has 0 N–H and O–H groups in total. The smallest absolute Gasteiger partial charge is 0.273 e. The molecule has 9 heteroatoms. The highest BCUT2D eigenvalue weighted by atomic mass is 35.5. The average molecular weight is 475 g/mol. The van der Waals surface area contributed by atoms with Crippen LogP contribution in [0.1, 0.15) is 33.6 Å². The van der Waals surface area contributed by atoms with E-state index in [1.54, 1.807) is 0 Å². The van der Waals surface area contributed by atoms with Crippen LogP contribution < -0.4 is 0 Å². The van der Waals surface area contributed by atoms with Crippen LogP contribution in [0.3, 0.4) is 0 Å². The van der Waals surface area contributed by atoms with E-state index in [0.717, 1.165) is 22.2 Å². The van der Waals surface area contributed by atoms with Crippen LogP contribution in [-0.2, 0) is 9.59 Å². The molecular weight excluding hydrogens is 458 g/mol. The predicted molar refractivity (Wildman–Crippen MR) is 115 cm³/mol. The van der Waals surface area contributed by atoms with E-state index in [0.29, 0.717) is 12.8 Å². The number of hydrogen-bond donors (Lipinski definition) is 0. The molecule has 1 aliphatic carbocycles. The minimum Gasteiger partial charge on any atom is -0.292 e. The van der Waals surface area contributed by atoms with E-state index in [2.05, 4.69) is 0 Å². The van der Waals surface area contributed by atoms with Gasteiger partial charge in [0, 0.05) is 11.1 Å². The Kier molecular flexibility index (Phi) is 6.13. The van der Waals surface area contributed by atoms with E-state index < -0.39 is 47.7 Å². The zero-order valence-corrected chi connectivity index (χ0v) is 18.1. The number of amides is 3. The zero-order valence-electron chi connectivity index (χ0n) is 16.6. The van der Waals surface area contributed by atoms with Gasteiger partial charge in [-0.1, -0.05) is 35.4 Å². The van der Waals surface area contributed by atoms with Crippen molar-refractivity contribution in [2.75, 3.05) is 6.54 Å². The fourth-order valence-electron chi connectivity index (χ4n) is 3.90. The first-order chi connectivity index (χ1) is 15.3. The Morgan fingerprint density at radius 1 is 0.906 bits per heavy atom. The van der Waals surface area contributed by atoms with Crippen LogP contribution >= 0.6 is 23.2 Å². The van der Waals surface area contributed by atoms with Crippen molar-refractivity contribution in [1.82, 2.24) is 10.0 Å². The lowest BCUT2D eigenvalue weighted by molar-refractivity contribution is -0.154. The number of halogens is 3. The maximum atomic E-state index is 13.4. The number of carbonyl (C=O) groups excluding carboxylic acids is 4. The van der Waals surface area contributed by atoms with Crippen LogP contribution in [0.4, 0.5) is 4.39 Å². The molecule has 0 spiro atoms. The zero-order chi connectivity index (χ0) is 23.0. The van der Waals surface area contributed by atoms with E-state index in [1.165, 1.54) is 30.3 Å². The summed E-state index contributed by atoms with van der Waals surface area (Å²) in [6.45, 7) is -0.588. The minimum absolute atomic E-state index is 0.0555. The average Bonchev–Trinajstić information content (AvgIpc) is 3.04. The monoisotopic (exact) mass is 474 g/mol. The van der Waals surface area contributed by atoms with E-state index in [1.807, 2.05) is 12.2 Å². The van der Waals surface area contributed by atoms with Gasteiger partial charge in [0.15, 0.2) is 5.78 Å². The fraction of sp³-hybridized carbons (Fsp3) is 0.217. The van der Waals surface area contributed by atoms with Gasteiger partial charge in [-0.05, 0) is 55.3 Å². The Hall–Kier alpha value is -3.03. The predicted octanol–water partition coefficient (Wildman–Crippen LogP) is 4.32. The highest BCUT2D eigenvalue weighted by Crippen LogP contribution is 2.36. The largest absolute Gasteiger partial charge is 0.292 e. The number of rotatable bonds is 5. The molecule has 2 aromatic carbocycles. The van der Waals surface area contributed by atoms with Crippen molar-refractivity contribution in [2.24, 2.45) is 11.8 Å². The Morgan fingerprint density at radius 3 is 2.03 bits per heavy atom. The van der Waals surface area contributed by atoms with E-state index in [9.17, 15) is 23.6 Å². The Morgan fingerprint density at radius 2 is 1.47 bits per heavy atom. The second-order valence-electron chi connectivity index (χ2n) is 7.57. The van der Waals surface area contributed by atoms with Gasteiger partial charge in [-0.25, -0.2) is 9.40 Å². The number of hydrogen-bond acceptors (Lipinski definition) is 4. The van der Waals surface area contributed by atoms with Gasteiger partial charge in [0.05, 0.1) is 21.9 Å². The van der Waals surface area contributed by atoms with Gasteiger partial charge in [0.25, 0.3) is 17.7 Å². The van der Waals surface area contributed by atoms with Crippen LogP contribution in [0, 0.1) is 17.7 Å². The molecule has 2 aliphatic rings. The van der Waals surface area contributed by atoms with Gasteiger partial charge in [0.1, 0.15) is 12.4 Å². The first kappa shape index (κ1) is 22.2. The van der Waals surface area contributed by atoms with Crippen molar-refractivity contribution in [3.8, 4) is 0 Å². The molecule has 0 saturated carbocycles. The summed E-state index contributed by atoms with van der Waals surface area (Å²) >= 11 is 12.0.